The zero-order valence-corrected chi connectivity index (χ0v) is 12.9. The summed E-state index contributed by atoms with van der Waals surface area (Å²) < 4.78 is 5.46. The Hall–Kier alpha value is -2.94. The molecule has 0 aromatic heterocycles. The van der Waals surface area contributed by atoms with E-state index in [4.69, 9.17) is 4.74 Å². The number of ether oxygens (including phenoxy) is 1. The molecule has 2 N–H and O–H groups in total. The summed E-state index contributed by atoms with van der Waals surface area (Å²) in [4.78, 5) is 0. The van der Waals surface area contributed by atoms with Gasteiger partial charge < -0.3 is 14.9 Å². The van der Waals surface area contributed by atoms with E-state index in [1.165, 1.54) is 12.1 Å². The normalized spacial score (nSPS) is 10.5. The summed E-state index contributed by atoms with van der Waals surface area (Å²) in [5.41, 5.74) is 3.79. The molecule has 0 atom stereocenters. The Kier molecular flexibility index (Phi) is 4.20. The van der Waals surface area contributed by atoms with Crippen LogP contribution in [0.4, 0.5) is 0 Å². The van der Waals surface area contributed by atoms with Crippen molar-refractivity contribution >= 4 is 0 Å². The number of hydrogen-bond donors (Lipinski definition) is 2. The van der Waals surface area contributed by atoms with Gasteiger partial charge in [0, 0.05) is 17.5 Å². The fourth-order valence-electron chi connectivity index (χ4n) is 2.72. The maximum absolute atomic E-state index is 10.0. The van der Waals surface area contributed by atoms with E-state index in [1.54, 1.807) is 13.2 Å². The average Bonchev–Trinajstić information content (AvgIpc) is 2.58. The summed E-state index contributed by atoms with van der Waals surface area (Å²) in [6.07, 6.45) is 0.522. The van der Waals surface area contributed by atoms with Crippen LogP contribution in [0.5, 0.6) is 17.2 Å². The lowest BCUT2D eigenvalue weighted by molar-refractivity contribution is 0.416. The highest BCUT2D eigenvalue weighted by Gasteiger charge is 2.12. The molecule has 3 heteroatoms. The number of benzene rings is 3. The quantitative estimate of drug-likeness (QED) is 0.704. The van der Waals surface area contributed by atoms with Crippen LogP contribution in [0.25, 0.3) is 11.1 Å². The molecule has 3 aromatic rings. The van der Waals surface area contributed by atoms with Crippen LogP contribution in [0.3, 0.4) is 0 Å². The lowest BCUT2D eigenvalue weighted by Gasteiger charge is -2.14. The van der Waals surface area contributed by atoms with Gasteiger partial charge >= 0.3 is 0 Å². The average molecular weight is 306 g/mol. The third-order valence-electron chi connectivity index (χ3n) is 3.86. The first kappa shape index (κ1) is 15.0. The standard InChI is InChI=1S/C20H18O3/c1-23-20-9-5-4-8-18(20)17-7-3-2-6-14(17)12-15-13-16(21)10-11-19(15)22/h2-11,13,21-22H,12H2,1H3. The maximum atomic E-state index is 10.0. The highest BCUT2D eigenvalue weighted by atomic mass is 16.5. The number of para-hydroxylation sites is 1. The smallest absolute Gasteiger partial charge is 0.126 e. The Labute approximate surface area is 135 Å². The summed E-state index contributed by atoms with van der Waals surface area (Å²) in [7, 11) is 1.66. The van der Waals surface area contributed by atoms with Gasteiger partial charge in [0.2, 0.25) is 0 Å². The lowest BCUT2D eigenvalue weighted by atomic mass is 9.94. The minimum atomic E-state index is 0.146. The van der Waals surface area contributed by atoms with Crippen LogP contribution in [0.15, 0.2) is 66.7 Å². The van der Waals surface area contributed by atoms with E-state index in [0.29, 0.717) is 12.0 Å². The van der Waals surface area contributed by atoms with Crippen LogP contribution < -0.4 is 4.74 Å². The number of hydrogen-bond acceptors (Lipinski definition) is 3. The number of aromatic hydroxyl groups is 2. The fourth-order valence-corrected chi connectivity index (χ4v) is 2.72. The third kappa shape index (κ3) is 3.14. The molecule has 3 rings (SSSR count). The second kappa shape index (κ2) is 6.44. The van der Waals surface area contributed by atoms with Crippen molar-refractivity contribution in [2.75, 3.05) is 7.11 Å². The van der Waals surface area contributed by atoms with Gasteiger partial charge in [-0.3, -0.25) is 0 Å². The Bertz CT molecular complexity index is 825. The van der Waals surface area contributed by atoms with Gasteiger partial charge in [0.1, 0.15) is 17.2 Å². The molecule has 0 saturated carbocycles. The Balaban J connectivity index is 2.06. The van der Waals surface area contributed by atoms with Crippen molar-refractivity contribution in [2.24, 2.45) is 0 Å². The lowest BCUT2D eigenvalue weighted by Crippen LogP contribution is -1.95. The van der Waals surface area contributed by atoms with E-state index in [9.17, 15) is 10.2 Å². The molecule has 116 valence electrons. The van der Waals surface area contributed by atoms with Crippen molar-refractivity contribution in [1.29, 1.82) is 0 Å². The predicted molar refractivity (Wildman–Crippen MR) is 91.0 cm³/mol. The monoisotopic (exact) mass is 306 g/mol. The Morgan fingerprint density at radius 3 is 2.26 bits per heavy atom. The molecule has 0 spiro atoms. The van der Waals surface area contributed by atoms with Gasteiger partial charge in [0.25, 0.3) is 0 Å². The van der Waals surface area contributed by atoms with Gasteiger partial charge in [-0.15, -0.1) is 0 Å². The van der Waals surface area contributed by atoms with Crippen molar-refractivity contribution in [3.05, 3.63) is 77.9 Å². The minimum absolute atomic E-state index is 0.146. The third-order valence-corrected chi connectivity index (χ3v) is 3.86. The highest BCUT2D eigenvalue weighted by molar-refractivity contribution is 5.74. The summed E-state index contributed by atoms with van der Waals surface area (Å²) in [5.74, 6) is 1.13. The molecule has 0 aliphatic heterocycles. The van der Waals surface area contributed by atoms with Gasteiger partial charge in [-0.25, -0.2) is 0 Å². The molecule has 0 heterocycles. The number of methoxy groups -OCH3 is 1. The molecule has 0 saturated heterocycles. The summed E-state index contributed by atoms with van der Waals surface area (Å²) in [6.45, 7) is 0. The zero-order chi connectivity index (χ0) is 16.2. The molecule has 0 unspecified atom stereocenters. The Morgan fingerprint density at radius 2 is 1.48 bits per heavy atom. The largest absolute Gasteiger partial charge is 0.508 e. The molecular formula is C20H18O3. The first-order chi connectivity index (χ1) is 11.2. The molecule has 23 heavy (non-hydrogen) atoms. The van der Waals surface area contributed by atoms with Crippen LogP contribution in [-0.2, 0) is 6.42 Å². The number of phenols is 2. The van der Waals surface area contributed by atoms with Gasteiger partial charge in [-0.05, 0) is 35.4 Å². The van der Waals surface area contributed by atoms with Crippen LogP contribution in [0.2, 0.25) is 0 Å². The van der Waals surface area contributed by atoms with Crippen molar-refractivity contribution < 1.29 is 14.9 Å². The van der Waals surface area contributed by atoms with Gasteiger partial charge in [0.05, 0.1) is 7.11 Å². The molecule has 3 aromatic carbocycles. The van der Waals surface area contributed by atoms with Crippen molar-refractivity contribution in [3.63, 3.8) is 0 Å². The minimum Gasteiger partial charge on any atom is -0.508 e. The predicted octanol–water partition coefficient (Wildman–Crippen LogP) is 4.36. The number of phenolic OH excluding ortho intramolecular Hbond substituents is 2. The van der Waals surface area contributed by atoms with Crippen molar-refractivity contribution in [1.82, 2.24) is 0 Å². The van der Waals surface area contributed by atoms with E-state index >= 15 is 0 Å². The highest BCUT2D eigenvalue weighted by Crippen LogP contribution is 2.34. The van der Waals surface area contributed by atoms with Gasteiger partial charge in [0.15, 0.2) is 0 Å². The van der Waals surface area contributed by atoms with Crippen LogP contribution in [-0.4, -0.2) is 17.3 Å². The molecule has 0 bridgehead atoms. The SMILES string of the molecule is COc1ccccc1-c1ccccc1Cc1cc(O)ccc1O. The van der Waals surface area contributed by atoms with E-state index in [0.717, 1.165) is 22.4 Å². The van der Waals surface area contributed by atoms with E-state index in [2.05, 4.69) is 0 Å². The van der Waals surface area contributed by atoms with Crippen LogP contribution in [0, 0.1) is 0 Å². The summed E-state index contributed by atoms with van der Waals surface area (Å²) >= 11 is 0. The molecule has 0 aliphatic carbocycles. The van der Waals surface area contributed by atoms with Gasteiger partial charge in [-0.2, -0.15) is 0 Å². The Morgan fingerprint density at radius 1 is 0.783 bits per heavy atom. The molecule has 0 aliphatic rings. The maximum Gasteiger partial charge on any atom is 0.126 e. The molecule has 0 fully saturated rings. The second-order valence-electron chi connectivity index (χ2n) is 5.35. The van der Waals surface area contributed by atoms with E-state index < -0.39 is 0 Å². The molecule has 3 nitrogen and oxygen atoms in total. The molecule has 0 amide bonds. The van der Waals surface area contributed by atoms with Crippen molar-refractivity contribution in [3.8, 4) is 28.4 Å². The summed E-state index contributed by atoms with van der Waals surface area (Å²) in [6, 6.07) is 20.4. The number of rotatable bonds is 4. The van der Waals surface area contributed by atoms with Crippen molar-refractivity contribution in [2.45, 2.75) is 6.42 Å². The molecule has 0 radical (unpaired) electrons. The molecular weight excluding hydrogens is 288 g/mol. The van der Waals surface area contributed by atoms with Crippen LogP contribution in [0.1, 0.15) is 11.1 Å². The first-order valence-electron chi connectivity index (χ1n) is 7.41. The summed E-state index contributed by atoms with van der Waals surface area (Å²) in [5, 5.41) is 19.7. The van der Waals surface area contributed by atoms with Crippen LogP contribution >= 0.6 is 0 Å². The first-order valence-corrected chi connectivity index (χ1v) is 7.41. The zero-order valence-electron chi connectivity index (χ0n) is 12.9. The topological polar surface area (TPSA) is 49.7 Å². The fraction of sp³-hybridized carbons (Fsp3) is 0.100. The van der Waals surface area contributed by atoms with E-state index in [-0.39, 0.29) is 11.5 Å². The van der Waals surface area contributed by atoms with Gasteiger partial charge in [-0.1, -0.05) is 42.5 Å². The van der Waals surface area contributed by atoms with E-state index in [1.807, 2.05) is 48.5 Å². The second-order valence-corrected chi connectivity index (χ2v) is 5.35.